The van der Waals surface area contributed by atoms with Crippen LogP contribution in [0.5, 0.6) is 5.75 Å². The van der Waals surface area contributed by atoms with E-state index in [0.717, 1.165) is 22.5 Å². The molecular formula is C16H20N2O. The fourth-order valence-corrected chi connectivity index (χ4v) is 2.91. The largest absolute Gasteiger partial charge is 0.494 e. The number of ether oxygens (including phenoxy) is 1. The monoisotopic (exact) mass is 256 g/mol. The molecule has 0 atom stereocenters. The fraction of sp³-hybridized carbons (Fsp3) is 0.438. The van der Waals surface area contributed by atoms with Crippen LogP contribution in [0.25, 0.3) is 10.9 Å². The highest BCUT2D eigenvalue weighted by Gasteiger charge is 2.16. The predicted octanol–water partition coefficient (Wildman–Crippen LogP) is 3.91. The predicted molar refractivity (Wildman–Crippen MR) is 78.9 cm³/mol. The smallest absolute Gasteiger partial charge is 0.145 e. The van der Waals surface area contributed by atoms with Crippen molar-refractivity contribution in [3.63, 3.8) is 0 Å². The van der Waals surface area contributed by atoms with Gasteiger partial charge in [0.05, 0.1) is 7.11 Å². The number of para-hydroxylation sites is 1. The van der Waals surface area contributed by atoms with Gasteiger partial charge in [-0.15, -0.1) is 0 Å². The number of fused-ring (bicyclic) bond motifs is 1. The average molecular weight is 256 g/mol. The maximum atomic E-state index is 5.42. The van der Waals surface area contributed by atoms with Gasteiger partial charge < -0.3 is 10.1 Å². The third kappa shape index (κ3) is 2.37. The highest BCUT2D eigenvalue weighted by Crippen LogP contribution is 2.29. The quantitative estimate of drug-likeness (QED) is 0.904. The molecule has 19 heavy (non-hydrogen) atoms. The van der Waals surface area contributed by atoms with Gasteiger partial charge in [0, 0.05) is 11.4 Å². The van der Waals surface area contributed by atoms with Gasteiger partial charge in [0.2, 0.25) is 0 Å². The molecule has 0 radical (unpaired) electrons. The van der Waals surface area contributed by atoms with E-state index in [0.29, 0.717) is 6.04 Å². The topological polar surface area (TPSA) is 34.1 Å². The van der Waals surface area contributed by atoms with Crippen LogP contribution in [0.4, 0.5) is 5.82 Å². The Labute approximate surface area is 114 Å². The van der Waals surface area contributed by atoms with Crippen molar-refractivity contribution in [1.29, 1.82) is 0 Å². The first-order valence-electron chi connectivity index (χ1n) is 6.99. The van der Waals surface area contributed by atoms with Crippen LogP contribution in [0, 0.1) is 6.92 Å². The van der Waals surface area contributed by atoms with Crippen LogP contribution in [-0.2, 0) is 0 Å². The molecular weight excluding hydrogens is 236 g/mol. The van der Waals surface area contributed by atoms with Crippen LogP contribution in [0.3, 0.4) is 0 Å². The molecule has 0 spiro atoms. The number of methoxy groups -OCH3 is 1. The molecule has 1 N–H and O–H groups in total. The number of aryl methyl sites for hydroxylation is 1. The molecule has 0 aliphatic heterocycles. The number of rotatable bonds is 3. The Bertz CT molecular complexity index is 589. The van der Waals surface area contributed by atoms with Crippen LogP contribution in [-0.4, -0.2) is 18.1 Å². The van der Waals surface area contributed by atoms with Gasteiger partial charge in [-0.2, -0.15) is 0 Å². The normalized spacial score (nSPS) is 15.9. The van der Waals surface area contributed by atoms with Crippen LogP contribution >= 0.6 is 0 Å². The Balaban J connectivity index is 2.01. The molecule has 0 bridgehead atoms. The lowest BCUT2D eigenvalue weighted by Gasteiger charge is -2.15. The lowest BCUT2D eigenvalue weighted by atomic mass is 10.1. The third-order valence-electron chi connectivity index (χ3n) is 3.94. The summed E-state index contributed by atoms with van der Waals surface area (Å²) in [6.07, 6.45) is 5.16. The number of hydrogen-bond acceptors (Lipinski definition) is 3. The molecule has 3 rings (SSSR count). The second kappa shape index (κ2) is 5.08. The maximum Gasteiger partial charge on any atom is 0.145 e. The average Bonchev–Trinajstić information content (AvgIpc) is 2.91. The number of aromatic nitrogens is 1. The Morgan fingerprint density at radius 1 is 1.26 bits per heavy atom. The first kappa shape index (κ1) is 12.3. The molecule has 1 aliphatic rings. The molecule has 2 aromatic rings. The standard InChI is InChI=1S/C16H20N2O/c1-11-10-15(17-12-6-3-4-7-12)18-16-13(11)8-5-9-14(16)19-2/h5,8-10,12H,3-4,6-7H2,1-2H3,(H,17,18). The van der Waals surface area contributed by atoms with E-state index in [1.54, 1.807) is 7.11 Å². The number of pyridine rings is 1. The van der Waals surface area contributed by atoms with Crippen molar-refractivity contribution in [2.45, 2.75) is 38.6 Å². The highest BCUT2D eigenvalue weighted by atomic mass is 16.5. The second-order valence-corrected chi connectivity index (χ2v) is 5.31. The van der Waals surface area contributed by atoms with Crippen LogP contribution in [0.2, 0.25) is 0 Å². The minimum atomic E-state index is 0.582. The first-order chi connectivity index (χ1) is 9.28. The maximum absolute atomic E-state index is 5.42. The van der Waals surface area contributed by atoms with Crippen molar-refractivity contribution in [2.24, 2.45) is 0 Å². The minimum Gasteiger partial charge on any atom is -0.494 e. The van der Waals surface area contributed by atoms with Crippen LogP contribution in [0.1, 0.15) is 31.2 Å². The van der Waals surface area contributed by atoms with Gasteiger partial charge in [-0.3, -0.25) is 0 Å². The van der Waals surface area contributed by atoms with Gasteiger partial charge >= 0.3 is 0 Å². The number of benzene rings is 1. The van der Waals surface area contributed by atoms with Crippen LogP contribution in [0.15, 0.2) is 24.3 Å². The molecule has 1 aromatic carbocycles. The van der Waals surface area contributed by atoms with E-state index in [1.807, 2.05) is 12.1 Å². The molecule has 1 aliphatic carbocycles. The van der Waals surface area contributed by atoms with Gasteiger partial charge in [-0.1, -0.05) is 25.0 Å². The van der Waals surface area contributed by atoms with E-state index in [4.69, 9.17) is 9.72 Å². The summed E-state index contributed by atoms with van der Waals surface area (Å²) < 4.78 is 5.42. The second-order valence-electron chi connectivity index (χ2n) is 5.31. The molecule has 3 heteroatoms. The molecule has 1 heterocycles. The van der Waals surface area contributed by atoms with Crippen molar-refractivity contribution in [2.75, 3.05) is 12.4 Å². The first-order valence-corrected chi connectivity index (χ1v) is 6.99. The van der Waals surface area contributed by atoms with Crippen molar-refractivity contribution >= 4 is 16.7 Å². The molecule has 0 saturated heterocycles. The summed E-state index contributed by atoms with van der Waals surface area (Å²) in [7, 11) is 1.70. The van der Waals surface area contributed by atoms with E-state index in [-0.39, 0.29) is 0 Å². The van der Waals surface area contributed by atoms with Gasteiger partial charge in [-0.25, -0.2) is 4.98 Å². The molecule has 1 fully saturated rings. The van der Waals surface area contributed by atoms with E-state index in [9.17, 15) is 0 Å². The van der Waals surface area contributed by atoms with Crippen molar-refractivity contribution in [1.82, 2.24) is 4.98 Å². The van der Waals surface area contributed by atoms with Crippen molar-refractivity contribution in [3.05, 3.63) is 29.8 Å². The highest BCUT2D eigenvalue weighted by molar-refractivity contribution is 5.88. The van der Waals surface area contributed by atoms with Crippen LogP contribution < -0.4 is 10.1 Å². The van der Waals surface area contributed by atoms with Crippen molar-refractivity contribution in [3.8, 4) is 5.75 Å². The summed E-state index contributed by atoms with van der Waals surface area (Å²) in [6, 6.07) is 8.80. The SMILES string of the molecule is COc1cccc2c(C)cc(NC3CCCC3)nc12. The summed E-state index contributed by atoms with van der Waals surface area (Å²) in [4.78, 5) is 4.73. The van der Waals surface area contributed by atoms with E-state index < -0.39 is 0 Å². The molecule has 1 aromatic heterocycles. The minimum absolute atomic E-state index is 0.582. The zero-order chi connectivity index (χ0) is 13.2. The Morgan fingerprint density at radius 3 is 2.79 bits per heavy atom. The molecule has 0 amide bonds. The third-order valence-corrected chi connectivity index (χ3v) is 3.94. The zero-order valence-corrected chi connectivity index (χ0v) is 11.6. The summed E-state index contributed by atoms with van der Waals surface area (Å²) in [6.45, 7) is 2.13. The molecule has 3 nitrogen and oxygen atoms in total. The van der Waals surface area contributed by atoms with E-state index in [1.165, 1.54) is 31.2 Å². The van der Waals surface area contributed by atoms with Gasteiger partial charge in [0.25, 0.3) is 0 Å². The summed E-state index contributed by atoms with van der Waals surface area (Å²) >= 11 is 0. The van der Waals surface area contributed by atoms with Gasteiger partial charge in [0.15, 0.2) is 0 Å². The summed E-state index contributed by atoms with van der Waals surface area (Å²) in [5.74, 6) is 1.82. The fourth-order valence-electron chi connectivity index (χ4n) is 2.91. The lowest BCUT2D eigenvalue weighted by molar-refractivity contribution is 0.419. The number of nitrogens with one attached hydrogen (secondary N) is 1. The van der Waals surface area contributed by atoms with Gasteiger partial charge in [-0.05, 0) is 37.5 Å². The van der Waals surface area contributed by atoms with E-state index >= 15 is 0 Å². The number of nitrogens with zero attached hydrogens (tertiary/aromatic N) is 1. The summed E-state index contributed by atoms with van der Waals surface area (Å²) in [5, 5.41) is 4.72. The Hall–Kier alpha value is -1.77. The molecule has 1 saturated carbocycles. The summed E-state index contributed by atoms with van der Waals surface area (Å²) in [5.41, 5.74) is 2.19. The number of hydrogen-bond donors (Lipinski definition) is 1. The number of anilines is 1. The van der Waals surface area contributed by atoms with Gasteiger partial charge in [0.1, 0.15) is 17.1 Å². The molecule has 0 unspecified atom stereocenters. The Kier molecular flexibility index (Phi) is 3.28. The lowest BCUT2D eigenvalue weighted by Crippen LogP contribution is -2.15. The van der Waals surface area contributed by atoms with Crippen molar-refractivity contribution < 1.29 is 4.74 Å². The molecule has 100 valence electrons. The van der Waals surface area contributed by atoms with E-state index in [2.05, 4.69) is 24.4 Å². The Morgan fingerprint density at radius 2 is 2.05 bits per heavy atom. The zero-order valence-electron chi connectivity index (χ0n) is 11.6.